The molecule has 14 aromatic rings. The quantitative estimate of drug-likeness (QED) is 0.159. The molecule has 1 spiro atoms. The summed E-state index contributed by atoms with van der Waals surface area (Å²) in [5, 5.41) is 4.47. The van der Waals surface area contributed by atoms with E-state index in [0.717, 1.165) is 99.9 Å². The Morgan fingerprint density at radius 1 is 0.263 bits per heavy atom. The highest BCUT2D eigenvalue weighted by atomic mass is 16.3. The van der Waals surface area contributed by atoms with E-state index < -0.39 is 5.41 Å². The molecule has 0 saturated heterocycles. The maximum Gasteiger partial charge on any atom is 0.143 e. The van der Waals surface area contributed by atoms with Crippen molar-refractivity contribution in [2.45, 2.75) is 5.41 Å². The molecule has 3 heteroatoms. The monoisotopic (exact) mass is 967 g/mol. The predicted molar refractivity (Wildman–Crippen MR) is 314 cm³/mol. The maximum absolute atomic E-state index is 6.58. The number of rotatable bonds is 7. The Labute approximate surface area is 439 Å². The molecule has 0 atom stereocenters. The van der Waals surface area contributed by atoms with E-state index in [4.69, 9.17) is 8.83 Å². The number of hydrogen-bond acceptors (Lipinski definition) is 3. The van der Waals surface area contributed by atoms with E-state index in [-0.39, 0.29) is 0 Å². The van der Waals surface area contributed by atoms with Gasteiger partial charge in [-0.2, -0.15) is 0 Å². The number of fused-ring (bicyclic) bond motifs is 16. The van der Waals surface area contributed by atoms with Crippen molar-refractivity contribution in [2.75, 3.05) is 4.90 Å². The first-order chi connectivity index (χ1) is 37.7. The molecule has 16 rings (SSSR count). The van der Waals surface area contributed by atoms with Gasteiger partial charge in [0.25, 0.3) is 0 Å². The molecule has 0 saturated carbocycles. The number of para-hydroxylation sites is 4. The first-order valence-electron chi connectivity index (χ1n) is 26.1. The summed E-state index contributed by atoms with van der Waals surface area (Å²) in [6.07, 6.45) is 0. The van der Waals surface area contributed by atoms with E-state index in [1.165, 1.54) is 50.1 Å². The average molecular weight is 968 g/mol. The van der Waals surface area contributed by atoms with Crippen LogP contribution in [-0.2, 0) is 5.41 Å². The Hall–Kier alpha value is -9.96. The lowest BCUT2D eigenvalue weighted by Gasteiger charge is -2.31. The zero-order chi connectivity index (χ0) is 49.9. The number of hydrogen-bond donors (Lipinski definition) is 0. The van der Waals surface area contributed by atoms with E-state index in [1.807, 2.05) is 12.1 Å². The summed E-state index contributed by atoms with van der Waals surface area (Å²) in [5.41, 5.74) is 25.5. The van der Waals surface area contributed by atoms with Crippen molar-refractivity contribution in [1.82, 2.24) is 0 Å². The fraction of sp³-hybridized carbons (Fsp3) is 0.0137. The van der Waals surface area contributed by atoms with E-state index >= 15 is 0 Å². The van der Waals surface area contributed by atoms with Gasteiger partial charge in [-0.05, 0) is 121 Å². The molecule has 0 bridgehead atoms. The Bertz CT molecular complexity index is 4430. The van der Waals surface area contributed by atoms with Gasteiger partial charge in [-0.25, -0.2) is 0 Å². The third-order valence-electron chi connectivity index (χ3n) is 16.3. The summed E-state index contributed by atoms with van der Waals surface area (Å²) in [4.78, 5) is 2.44. The third-order valence-corrected chi connectivity index (χ3v) is 16.3. The lowest BCUT2D eigenvalue weighted by molar-refractivity contribution is 0.669. The van der Waals surface area contributed by atoms with Gasteiger partial charge in [0, 0.05) is 49.6 Å². The predicted octanol–water partition coefficient (Wildman–Crippen LogP) is 20.0. The van der Waals surface area contributed by atoms with Gasteiger partial charge in [-0.1, -0.05) is 224 Å². The normalized spacial score (nSPS) is 12.8. The van der Waals surface area contributed by atoms with Crippen molar-refractivity contribution in [3.8, 4) is 66.8 Å². The first kappa shape index (κ1) is 42.5. The molecule has 2 aliphatic carbocycles. The number of anilines is 3. The zero-order valence-electron chi connectivity index (χ0n) is 41.2. The molecule has 76 heavy (non-hydrogen) atoms. The van der Waals surface area contributed by atoms with Crippen LogP contribution in [0.1, 0.15) is 22.3 Å². The number of furan rings is 2. The molecule has 12 aromatic carbocycles. The van der Waals surface area contributed by atoms with Crippen LogP contribution in [0.4, 0.5) is 17.1 Å². The fourth-order valence-corrected chi connectivity index (χ4v) is 13.1. The first-order valence-corrected chi connectivity index (χ1v) is 26.1. The molecule has 0 fully saturated rings. The summed E-state index contributed by atoms with van der Waals surface area (Å²) in [5.74, 6) is 0. The van der Waals surface area contributed by atoms with Crippen molar-refractivity contribution in [2.24, 2.45) is 0 Å². The van der Waals surface area contributed by atoms with Gasteiger partial charge in [0.15, 0.2) is 0 Å². The van der Waals surface area contributed by atoms with E-state index in [9.17, 15) is 0 Å². The Balaban J connectivity index is 0.927. The van der Waals surface area contributed by atoms with Crippen molar-refractivity contribution < 1.29 is 8.83 Å². The second-order valence-electron chi connectivity index (χ2n) is 20.2. The van der Waals surface area contributed by atoms with Crippen LogP contribution in [0.15, 0.2) is 282 Å². The van der Waals surface area contributed by atoms with Gasteiger partial charge in [0.1, 0.15) is 22.3 Å². The van der Waals surface area contributed by atoms with Crippen LogP contribution in [-0.4, -0.2) is 0 Å². The molecule has 0 aliphatic heterocycles. The molecule has 0 radical (unpaired) electrons. The van der Waals surface area contributed by atoms with Crippen LogP contribution in [0.25, 0.3) is 111 Å². The highest BCUT2D eigenvalue weighted by molar-refractivity contribution is 6.11. The molecular weight excluding hydrogens is 923 g/mol. The minimum absolute atomic E-state index is 0.483. The smallest absolute Gasteiger partial charge is 0.143 e. The van der Waals surface area contributed by atoms with E-state index in [0.29, 0.717) is 0 Å². The zero-order valence-corrected chi connectivity index (χ0v) is 41.2. The van der Waals surface area contributed by atoms with Crippen molar-refractivity contribution >= 4 is 60.9 Å². The van der Waals surface area contributed by atoms with Gasteiger partial charge in [-0.15, -0.1) is 0 Å². The summed E-state index contributed by atoms with van der Waals surface area (Å²) >= 11 is 0. The summed E-state index contributed by atoms with van der Waals surface area (Å²) in [6, 6.07) is 99.6. The van der Waals surface area contributed by atoms with Crippen molar-refractivity contribution in [1.29, 1.82) is 0 Å². The summed E-state index contributed by atoms with van der Waals surface area (Å²) < 4.78 is 13.2. The van der Waals surface area contributed by atoms with Crippen LogP contribution in [0.2, 0.25) is 0 Å². The topological polar surface area (TPSA) is 29.5 Å². The average Bonchev–Trinajstić information content (AvgIpc) is 4.31. The Kier molecular flexibility index (Phi) is 9.25. The lowest BCUT2D eigenvalue weighted by atomic mass is 9.70. The SMILES string of the molecule is c1ccc(-c2ccc(N(c3ccc(-c4cccc5c4oc4ccccc45)cc3)c3ccc(-c4cccc5c4oc4ccccc45)cc3)c(-c3cccc4c3-c3ccccc3C43c4ccccc4-c4ccccc43)c2)cc1. The molecule has 354 valence electrons. The maximum atomic E-state index is 6.58. The summed E-state index contributed by atoms with van der Waals surface area (Å²) in [7, 11) is 0. The van der Waals surface area contributed by atoms with Gasteiger partial charge in [0.05, 0.1) is 11.1 Å². The molecule has 2 aliphatic rings. The van der Waals surface area contributed by atoms with Crippen LogP contribution in [0, 0.1) is 0 Å². The molecule has 0 N–H and O–H groups in total. The minimum atomic E-state index is -0.483. The highest BCUT2D eigenvalue weighted by Gasteiger charge is 2.52. The van der Waals surface area contributed by atoms with Crippen molar-refractivity contribution in [3.05, 3.63) is 295 Å². The van der Waals surface area contributed by atoms with E-state index in [1.54, 1.807) is 0 Å². The standard InChI is InChI=1S/C73H45NO2/c1-2-17-46(18-3-1)49-39-44-67(62(45-49)58-26-16-32-66-70(58)61-23-6-11-31-65(61)73(66)63-29-9-4-19-54(63)55-20-5-10-30-64(55)73)74(50-40-35-47(36-41-50)52-24-14-27-59-56-21-7-12-33-68(56)75-71(52)59)51-42-37-48(38-43-51)53-25-15-28-60-57-22-8-13-34-69(57)76-72(53)60/h1-45H. The summed E-state index contributed by atoms with van der Waals surface area (Å²) in [6.45, 7) is 0. The van der Waals surface area contributed by atoms with Crippen LogP contribution in [0.5, 0.6) is 0 Å². The minimum Gasteiger partial charge on any atom is -0.455 e. The van der Waals surface area contributed by atoms with E-state index in [2.05, 4.69) is 266 Å². The molecule has 2 heterocycles. The van der Waals surface area contributed by atoms with Gasteiger partial charge >= 0.3 is 0 Å². The number of nitrogens with zero attached hydrogens (tertiary/aromatic N) is 1. The molecular formula is C73H45NO2. The molecule has 2 aromatic heterocycles. The van der Waals surface area contributed by atoms with Gasteiger partial charge in [-0.3, -0.25) is 0 Å². The van der Waals surface area contributed by atoms with Gasteiger partial charge < -0.3 is 13.7 Å². The lowest BCUT2D eigenvalue weighted by Crippen LogP contribution is -2.25. The largest absolute Gasteiger partial charge is 0.455 e. The third kappa shape index (κ3) is 6.11. The fourth-order valence-electron chi connectivity index (χ4n) is 13.1. The second-order valence-corrected chi connectivity index (χ2v) is 20.2. The second kappa shape index (κ2) is 16.5. The van der Waals surface area contributed by atoms with Crippen LogP contribution in [0.3, 0.4) is 0 Å². The van der Waals surface area contributed by atoms with Crippen LogP contribution < -0.4 is 4.90 Å². The highest BCUT2D eigenvalue weighted by Crippen LogP contribution is 2.64. The van der Waals surface area contributed by atoms with Crippen LogP contribution >= 0.6 is 0 Å². The number of benzene rings is 12. The van der Waals surface area contributed by atoms with Crippen molar-refractivity contribution in [3.63, 3.8) is 0 Å². The van der Waals surface area contributed by atoms with Gasteiger partial charge in [0.2, 0.25) is 0 Å². The molecule has 0 unspecified atom stereocenters. The molecule has 0 amide bonds. The Morgan fingerprint density at radius 3 is 1.26 bits per heavy atom. The molecule has 3 nitrogen and oxygen atoms in total. The Morgan fingerprint density at radius 2 is 0.684 bits per heavy atom.